The van der Waals surface area contributed by atoms with Crippen LogP contribution in [0, 0.1) is 0 Å². The number of hydrogen-bond donors (Lipinski definition) is 0. The van der Waals surface area contributed by atoms with E-state index in [1.165, 1.54) is 5.39 Å². The van der Waals surface area contributed by atoms with Gasteiger partial charge in [0, 0.05) is 50.6 Å². The summed E-state index contributed by atoms with van der Waals surface area (Å²) in [6.45, 7) is 0. The Kier molecular flexibility index (Phi) is 7.78. The average Bonchev–Trinajstić information content (AvgIpc) is 3.89. The first kappa shape index (κ1) is 33.9. The van der Waals surface area contributed by atoms with E-state index in [1.807, 2.05) is 36.5 Å². The molecule has 5 nitrogen and oxygen atoms in total. The van der Waals surface area contributed by atoms with Gasteiger partial charge in [0.05, 0.1) is 11.4 Å². The molecule has 12 aromatic rings. The first-order chi connectivity index (χ1) is 29.7. The molecule has 4 aromatic heterocycles. The van der Waals surface area contributed by atoms with Crippen LogP contribution in [-0.4, -0.2) is 15.0 Å². The molecule has 8 aromatic carbocycles. The highest BCUT2D eigenvalue weighted by Crippen LogP contribution is 2.39. The first-order valence-electron chi connectivity index (χ1n) is 20.0. The van der Waals surface area contributed by atoms with Crippen LogP contribution in [-0.2, 0) is 0 Å². The molecule has 4 heterocycles. The molecule has 60 heavy (non-hydrogen) atoms. The largest absolute Gasteiger partial charge is 0.456 e. The highest BCUT2D eigenvalue weighted by Gasteiger charge is 2.17. The predicted octanol–water partition coefficient (Wildman–Crippen LogP) is 14.8. The van der Waals surface area contributed by atoms with Crippen molar-refractivity contribution < 1.29 is 8.83 Å². The Labute approximate surface area is 344 Å². The van der Waals surface area contributed by atoms with E-state index < -0.39 is 0 Å². The molecule has 0 fully saturated rings. The Bertz CT molecular complexity index is 3470. The monoisotopic (exact) mass is 767 g/mol. The van der Waals surface area contributed by atoms with Crippen molar-refractivity contribution in [2.75, 3.05) is 0 Å². The molecule has 0 N–H and O–H groups in total. The molecule has 0 aliphatic carbocycles. The highest BCUT2D eigenvalue weighted by molar-refractivity contribution is 6.08. The molecular weight excluding hydrogens is 735 g/mol. The standard InChI is InChI=1S/C55H33N3O2/c1-2-9-37-26-40(20-17-34(37)8-1)49-32-50(58-55(57-49)36-18-15-35(16-19-36)41-10-7-25-56-33-41)44-28-42(38-21-23-53-47(30-38)45-11-3-5-13-51(45)59-53)27-43(29-44)39-22-24-54-48(31-39)46-12-4-6-14-52(46)60-54/h1-33H. The fourth-order valence-corrected chi connectivity index (χ4v) is 8.49. The molecule has 0 atom stereocenters. The van der Waals surface area contributed by atoms with E-state index in [9.17, 15) is 0 Å². The lowest BCUT2D eigenvalue weighted by Crippen LogP contribution is -1.97. The quantitative estimate of drug-likeness (QED) is 0.169. The van der Waals surface area contributed by atoms with Gasteiger partial charge in [0.1, 0.15) is 22.3 Å². The summed E-state index contributed by atoms with van der Waals surface area (Å²) in [4.78, 5) is 14.9. The molecule has 0 aliphatic heterocycles. The smallest absolute Gasteiger partial charge is 0.160 e. The summed E-state index contributed by atoms with van der Waals surface area (Å²) >= 11 is 0. The zero-order chi connectivity index (χ0) is 39.6. The number of benzene rings is 8. The number of rotatable bonds is 6. The minimum absolute atomic E-state index is 0.651. The molecule has 0 saturated heterocycles. The Morgan fingerprint density at radius 3 is 1.48 bits per heavy atom. The number of fused-ring (bicyclic) bond motifs is 7. The zero-order valence-corrected chi connectivity index (χ0v) is 32.2. The van der Waals surface area contributed by atoms with Crippen LogP contribution in [0.3, 0.4) is 0 Å². The van der Waals surface area contributed by atoms with Gasteiger partial charge in [-0.3, -0.25) is 4.98 Å². The second kappa shape index (κ2) is 13.8. The van der Waals surface area contributed by atoms with E-state index in [0.717, 1.165) is 111 Å². The van der Waals surface area contributed by atoms with Crippen LogP contribution in [0.2, 0.25) is 0 Å². The summed E-state index contributed by atoms with van der Waals surface area (Å²) in [5.74, 6) is 0.651. The molecule has 0 radical (unpaired) electrons. The van der Waals surface area contributed by atoms with Gasteiger partial charge in [0.25, 0.3) is 0 Å². The van der Waals surface area contributed by atoms with Crippen LogP contribution in [0.5, 0.6) is 0 Å². The summed E-state index contributed by atoms with van der Waals surface area (Å²) in [6, 6.07) is 65.7. The van der Waals surface area contributed by atoms with E-state index in [2.05, 4.69) is 163 Å². The van der Waals surface area contributed by atoms with E-state index in [4.69, 9.17) is 18.8 Å². The van der Waals surface area contributed by atoms with Gasteiger partial charge in [0.15, 0.2) is 5.82 Å². The second-order valence-corrected chi connectivity index (χ2v) is 15.3. The lowest BCUT2D eigenvalue weighted by atomic mass is 9.93. The summed E-state index contributed by atoms with van der Waals surface area (Å²) in [5, 5.41) is 6.70. The molecule has 0 saturated carbocycles. The maximum atomic E-state index is 6.24. The van der Waals surface area contributed by atoms with Gasteiger partial charge in [-0.2, -0.15) is 0 Å². The van der Waals surface area contributed by atoms with Gasteiger partial charge >= 0.3 is 0 Å². The zero-order valence-electron chi connectivity index (χ0n) is 32.2. The van der Waals surface area contributed by atoms with Crippen LogP contribution in [0.4, 0.5) is 0 Å². The number of hydrogen-bond acceptors (Lipinski definition) is 5. The topological polar surface area (TPSA) is 65.0 Å². The average molecular weight is 768 g/mol. The third-order valence-electron chi connectivity index (χ3n) is 11.6. The van der Waals surface area contributed by atoms with E-state index >= 15 is 0 Å². The van der Waals surface area contributed by atoms with Crippen LogP contribution in [0.15, 0.2) is 209 Å². The summed E-state index contributed by atoms with van der Waals surface area (Å²) in [5.41, 5.74) is 14.5. The third kappa shape index (κ3) is 5.91. The normalized spacial score (nSPS) is 11.7. The fourth-order valence-electron chi connectivity index (χ4n) is 8.49. The van der Waals surface area contributed by atoms with E-state index in [-0.39, 0.29) is 0 Å². The minimum atomic E-state index is 0.651. The van der Waals surface area contributed by atoms with E-state index in [1.54, 1.807) is 6.20 Å². The van der Waals surface area contributed by atoms with Crippen LogP contribution in [0.25, 0.3) is 122 Å². The van der Waals surface area contributed by atoms with Crippen molar-refractivity contribution in [3.8, 4) is 67.3 Å². The van der Waals surface area contributed by atoms with Crippen molar-refractivity contribution in [2.45, 2.75) is 0 Å². The molecule has 12 rings (SSSR count). The molecule has 280 valence electrons. The van der Waals surface area contributed by atoms with Crippen LogP contribution >= 0.6 is 0 Å². The predicted molar refractivity (Wildman–Crippen MR) is 245 cm³/mol. The lowest BCUT2D eigenvalue weighted by Gasteiger charge is -2.14. The van der Waals surface area contributed by atoms with Crippen molar-refractivity contribution in [2.24, 2.45) is 0 Å². The molecule has 0 amide bonds. The number of aromatic nitrogens is 3. The van der Waals surface area contributed by atoms with Crippen LogP contribution in [0.1, 0.15) is 0 Å². The van der Waals surface area contributed by atoms with Crippen molar-refractivity contribution in [1.29, 1.82) is 0 Å². The minimum Gasteiger partial charge on any atom is -0.456 e. The van der Waals surface area contributed by atoms with Crippen molar-refractivity contribution in [1.82, 2.24) is 15.0 Å². The summed E-state index contributed by atoms with van der Waals surface area (Å²) in [7, 11) is 0. The maximum Gasteiger partial charge on any atom is 0.160 e. The first-order valence-corrected chi connectivity index (χ1v) is 20.0. The Hall–Kier alpha value is -8.15. The third-order valence-corrected chi connectivity index (χ3v) is 11.6. The number of para-hydroxylation sites is 2. The Balaban J connectivity index is 1.07. The van der Waals surface area contributed by atoms with Crippen molar-refractivity contribution in [3.63, 3.8) is 0 Å². The van der Waals surface area contributed by atoms with Crippen molar-refractivity contribution >= 4 is 54.6 Å². The van der Waals surface area contributed by atoms with Gasteiger partial charge < -0.3 is 8.83 Å². The number of pyridine rings is 1. The van der Waals surface area contributed by atoms with E-state index in [0.29, 0.717) is 5.82 Å². The second-order valence-electron chi connectivity index (χ2n) is 15.3. The molecule has 0 bridgehead atoms. The number of nitrogens with zero attached hydrogens (tertiary/aromatic N) is 3. The lowest BCUT2D eigenvalue weighted by molar-refractivity contribution is 0.668. The molecule has 5 heteroatoms. The molecule has 0 spiro atoms. The summed E-state index contributed by atoms with van der Waals surface area (Å²) < 4.78 is 12.5. The van der Waals surface area contributed by atoms with Gasteiger partial charge in [-0.15, -0.1) is 0 Å². The molecule has 0 unspecified atom stereocenters. The Morgan fingerprint density at radius 2 is 0.833 bits per heavy atom. The highest BCUT2D eigenvalue weighted by atomic mass is 16.3. The summed E-state index contributed by atoms with van der Waals surface area (Å²) in [6.07, 6.45) is 3.68. The molecule has 0 aliphatic rings. The van der Waals surface area contributed by atoms with Crippen LogP contribution < -0.4 is 0 Å². The maximum absolute atomic E-state index is 6.24. The fraction of sp³-hybridized carbons (Fsp3) is 0. The van der Waals surface area contributed by atoms with Gasteiger partial charge in [-0.1, -0.05) is 115 Å². The SMILES string of the molecule is c1cncc(-c2ccc(-c3nc(-c4cc(-c5ccc6oc7ccccc7c6c5)cc(-c5ccc6oc7ccccc7c6c5)c4)cc(-c4ccc5ccccc5c4)n3)cc2)c1. The van der Waals surface area contributed by atoms with Gasteiger partial charge in [-0.05, 0) is 117 Å². The van der Waals surface area contributed by atoms with Crippen molar-refractivity contribution in [3.05, 3.63) is 200 Å². The molecular formula is C55H33N3O2. The van der Waals surface area contributed by atoms with Gasteiger partial charge in [0.2, 0.25) is 0 Å². The number of furan rings is 2. The van der Waals surface area contributed by atoms with Gasteiger partial charge in [-0.25, -0.2) is 9.97 Å². The Morgan fingerprint density at radius 1 is 0.300 bits per heavy atom.